The molecule has 0 saturated heterocycles. The Morgan fingerprint density at radius 1 is 1.21 bits per heavy atom. The molecule has 0 unspecified atom stereocenters. The van der Waals surface area contributed by atoms with Gasteiger partial charge in [0.25, 0.3) is 0 Å². The van der Waals surface area contributed by atoms with Crippen LogP contribution in [0.25, 0.3) is 11.4 Å². The summed E-state index contributed by atoms with van der Waals surface area (Å²) in [5, 5.41) is 12.1. The largest absolute Gasteiger partial charge is 0.352 e. The third kappa shape index (κ3) is 3.29. The summed E-state index contributed by atoms with van der Waals surface area (Å²) in [5.74, 6) is 1.20. The molecule has 1 amide bonds. The Labute approximate surface area is 167 Å². The lowest BCUT2D eigenvalue weighted by atomic mass is 9.95. The van der Waals surface area contributed by atoms with Gasteiger partial charge in [0.1, 0.15) is 11.6 Å². The summed E-state index contributed by atoms with van der Waals surface area (Å²) in [5.41, 5.74) is 2.53. The van der Waals surface area contributed by atoms with Gasteiger partial charge in [0.15, 0.2) is 5.82 Å². The van der Waals surface area contributed by atoms with Crippen molar-refractivity contribution < 1.29 is 9.18 Å². The summed E-state index contributed by atoms with van der Waals surface area (Å²) in [6, 6.07) is 12.2. The van der Waals surface area contributed by atoms with Crippen molar-refractivity contribution in [1.82, 2.24) is 20.1 Å². The van der Waals surface area contributed by atoms with Crippen LogP contribution in [0.2, 0.25) is 5.02 Å². The highest BCUT2D eigenvalue weighted by molar-refractivity contribution is 6.33. The highest BCUT2D eigenvalue weighted by atomic mass is 35.5. The number of hydrogen-bond acceptors (Lipinski definition) is 3. The van der Waals surface area contributed by atoms with Gasteiger partial charge in [0.05, 0.1) is 10.4 Å². The third-order valence-corrected chi connectivity index (χ3v) is 5.58. The molecule has 3 aromatic rings. The van der Waals surface area contributed by atoms with Crippen LogP contribution in [0.1, 0.15) is 36.7 Å². The first-order valence-corrected chi connectivity index (χ1v) is 9.48. The lowest BCUT2D eigenvalue weighted by molar-refractivity contribution is -0.119. The van der Waals surface area contributed by atoms with Gasteiger partial charge in [-0.2, -0.15) is 0 Å². The van der Waals surface area contributed by atoms with E-state index in [4.69, 9.17) is 11.6 Å². The number of halogens is 2. The maximum atomic E-state index is 13.3. The number of aromatic nitrogens is 3. The summed E-state index contributed by atoms with van der Waals surface area (Å²) in [7, 11) is 1.93. The fourth-order valence-corrected chi connectivity index (χ4v) is 3.88. The van der Waals surface area contributed by atoms with Crippen molar-refractivity contribution in [2.45, 2.75) is 31.7 Å². The topological polar surface area (TPSA) is 59.8 Å². The van der Waals surface area contributed by atoms with Gasteiger partial charge in [-0.1, -0.05) is 29.8 Å². The van der Waals surface area contributed by atoms with Crippen LogP contribution in [0.15, 0.2) is 42.5 Å². The molecule has 1 N–H and O–H groups in total. The van der Waals surface area contributed by atoms with E-state index in [1.807, 2.05) is 41.9 Å². The molecule has 0 aliphatic heterocycles. The van der Waals surface area contributed by atoms with Crippen LogP contribution in [0.4, 0.5) is 4.39 Å². The summed E-state index contributed by atoms with van der Waals surface area (Å²) in [4.78, 5) is 11.1. The summed E-state index contributed by atoms with van der Waals surface area (Å²) in [6.07, 6.45) is 1.90. The van der Waals surface area contributed by atoms with Gasteiger partial charge in [-0.3, -0.25) is 4.79 Å². The molecule has 1 heterocycles. The molecular formula is C21H20ClFN4O. The van der Waals surface area contributed by atoms with Gasteiger partial charge < -0.3 is 9.88 Å². The van der Waals surface area contributed by atoms with E-state index in [0.29, 0.717) is 17.4 Å². The quantitative estimate of drug-likeness (QED) is 0.706. The maximum Gasteiger partial charge on any atom is 0.217 e. The Morgan fingerprint density at radius 3 is 2.54 bits per heavy atom. The standard InChI is InChI=1S/C21H20ClFN4O/c1-13(28)24-12-14-3-8-17(18(22)11-14)19-25-26-20(27(19)2)21(9-10-21)15-4-6-16(23)7-5-15/h3-8,11H,9-10,12H2,1-2H3,(H,24,28). The Morgan fingerprint density at radius 2 is 1.93 bits per heavy atom. The van der Waals surface area contributed by atoms with Crippen molar-refractivity contribution >= 4 is 17.5 Å². The van der Waals surface area contributed by atoms with Gasteiger partial charge >= 0.3 is 0 Å². The highest BCUT2D eigenvalue weighted by Crippen LogP contribution is 2.53. The number of benzene rings is 2. The number of hydrogen-bond donors (Lipinski definition) is 1. The minimum atomic E-state index is -0.246. The molecule has 0 bridgehead atoms. The first-order valence-electron chi connectivity index (χ1n) is 9.10. The average Bonchev–Trinajstić information content (AvgIpc) is 3.38. The monoisotopic (exact) mass is 398 g/mol. The zero-order valence-corrected chi connectivity index (χ0v) is 16.4. The number of amides is 1. The molecule has 7 heteroatoms. The minimum Gasteiger partial charge on any atom is -0.352 e. The van der Waals surface area contributed by atoms with Gasteiger partial charge in [-0.25, -0.2) is 4.39 Å². The lowest BCUT2D eigenvalue weighted by Crippen LogP contribution is -2.18. The molecule has 0 atom stereocenters. The van der Waals surface area contributed by atoms with E-state index in [-0.39, 0.29) is 17.1 Å². The summed E-state index contributed by atoms with van der Waals surface area (Å²) >= 11 is 6.49. The number of nitrogens with zero attached hydrogens (tertiary/aromatic N) is 3. The normalized spacial score (nSPS) is 14.7. The molecule has 2 aromatic carbocycles. The first kappa shape index (κ1) is 18.6. The second-order valence-corrected chi connectivity index (χ2v) is 7.63. The summed E-state index contributed by atoms with van der Waals surface area (Å²) < 4.78 is 15.3. The predicted octanol–water partition coefficient (Wildman–Crippen LogP) is 3.99. The Balaban J connectivity index is 1.66. The molecule has 1 aliphatic carbocycles. The number of carbonyl (C=O) groups is 1. The molecule has 1 aliphatic rings. The first-order chi connectivity index (χ1) is 13.4. The van der Waals surface area contributed by atoms with Crippen LogP contribution >= 0.6 is 11.6 Å². The van der Waals surface area contributed by atoms with Crippen LogP contribution in [0.5, 0.6) is 0 Å². The van der Waals surface area contributed by atoms with Gasteiger partial charge in [-0.05, 0) is 48.2 Å². The van der Waals surface area contributed by atoms with Crippen LogP contribution in [0.3, 0.4) is 0 Å². The van der Waals surface area contributed by atoms with Gasteiger partial charge in [0.2, 0.25) is 5.91 Å². The van der Waals surface area contributed by atoms with Crippen LogP contribution in [-0.4, -0.2) is 20.7 Å². The van der Waals surface area contributed by atoms with Crippen LogP contribution in [-0.2, 0) is 23.8 Å². The maximum absolute atomic E-state index is 13.3. The lowest BCUT2D eigenvalue weighted by Gasteiger charge is -2.16. The number of carbonyl (C=O) groups excluding carboxylic acids is 1. The van der Waals surface area contributed by atoms with E-state index in [9.17, 15) is 9.18 Å². The van der Waals surface area contributed by atoms with E-state index >= 15 is 0 Å². The molecule has 1 aromatic heterocycles. The second kappa shape index (κ2) is 7.02. The molecule has 4 rings (SSSR count). The molecule has 1 saturated carbocycles. The SMILES string of the molecule is CC(=O)NCc1ccc(-c2nnc(C3(c4ccc(F)cc4)CC3)n2C)c(Cl)c1. The van der Waals surface area contributed by atoms with E-state index in [1.54, 1.807) is 0 Å². The van der Waals surface area contributed by atoms with Crippen molar-refractivity contribution in [2.75, 3.05) is 0 Å². The van der Waals surface area contributed by atoms with E-state index in [0.717, 1.165) is 35.4 Å². The summed E-state index contributed by atoms with van der Waals surface area (Å²) in [6.45, 7) is 1.90. The Kier molecular flexibility index (Phi) is 4.67. The predicted molar refractivity (Wildman–Crippen MR) is 105 cm³/mol. The molecule has 1 fully saturated rings. The third-order valence-electron chi connectivity index (χ3n) is 5.27. The van der Waals surface area contributed by atoms with Crippen molar-refractivity contribution in [2.24, 2.45) is 7.05 Å². The highest BCUT2D eigenvalue weighted by Gasteiger charge is 2.50. The van der Waals surface area contributed by atoms with Crippen LogP contribution < -0.4 is 5.32 Å². The van der Waals surface area contributed by atoms with Crippen molar-refractivity contribution in [1.29, 1.82) is 0 Å². The van der Waals surface area contributed by atoms with Crippen molar-refractivity contribution in [3.63, 3.8) is 0 Å². The molecular weight excluding hydrogens is 379 g/mol. The smallest absolute Gasteiger partial charge is 0.217 e. The number of rotatable bonds is 5. The number of nitrogens with one attached hydrogen (secondary N) is 1. The van der Waals surface area contributed by atoms with E-state index in [1.165, 1.54) is 19.1 Å². The molecule has 144 valence electrons. The second-order valence-electron chi connectivity index (χ2n) is 7.22. The molecule has 0 spiro atoms. The molecule has 28 heavy (non-hydrogen) atoms. The van der Waals surface area contributed by atoms with E-state index in [2.05, 4.69) is 15.5 Å². The fourth-order valence-electron chi connectivity index (χ4n) is 3.59. The fraction of sp³-hybridized carbons (Fsp3) is 0.286. The van der Waals surface area contributed by atoms with E-state index < -0.39 is 0 Å². The zero-order valence-electron chi connectivity index (χ0n) is 15.7. The van der Waals surface area contributed by atoms with Crippen molar-refractivity contribution in [3.8, 4) is 11.4 Å². The van der Waals surface area contributed by atoms with Gasteiger partial charge in [-0.15, -0.1) is 10.2 Å². The van der Waals surface area contributed by atoms with Crippen LogP contribution in [0, 0.1) is 5.82 Å². The Bertz CT molecular complexity index is 1040. The minimum absolute atomic E-state index is 0.0892. The average molecular weight is 399 g/mol. The van der Waals surface area contributed by atoms with Crippen molar-refractivity contribution in [3.05, 3.63) is 70.3 Å². The van der Waals surface area contributed by atoms with Gasteiger partial charge in [0, 0.05) is 26.1 Å². The zero-order chi connectivity index (χ0) is 19.9. The molecule has 5 nitrogen and oxygen atoms in total. The Hall–Kier alpha value is -2.73. The molecule has 0 radical (unpaired) electrons.